The Morgan fingerprint density at radius 1 is 1.00 bits per heavy atom. The highest BCUT2D eigenvalue weighted by atomic mass is 32.2. The molecular weight excluding hydrogens is 278 g/mol. The van der Waals surface area contributed by atoms with Gasteiger partial charge in [-0.2, -0.15) is 11.8 Å². The van der Waals surface area contributed by atoms with Gasteiger partial charge in [-0.3, -0.25) is 0 Å². The van der Waals surface area contributed by atoms with E-state index in [1.807, 2.05) is 7.11 Å². The highest BCUT2D eigenvalue weighted by Crippen LogP contribution is 2.23. The average Bonchev–Trinajstić information content (AvgIpc) is 2.45. The third-order valence-electron chi connectivity index (χ3n) is 4.39. The van der Waals surface area contributed by atoms with E-state index < -0.39 is 0 Å². The summed E-state index contributed by atoms with van der Waals surface area (Å²) in [4.78, 5) is 2.63. The van der Waals surface area contributed by atoms with Gasteiger partial charge in [0.15, 0.2) is 0 Å². The summed E-state index contributed by atoms with van der Waals surface area (Å²) in [6.07, 6.45) is 9.63. The lowest BCUT2D eigenvalue weighted by Gasteiger charge is -2.26. The zero-order valence-corrected chi connectivity index (χ0v) is 15.6. The molecule has 1 fully saturated rings. The molecule has 1 saturated heterocycles. The Labute approximate surface area is 137 Å². The second kappa shape index (κ2) is 10.9. The van der Waals surface area contributed by atoms with Gasteiger partial charge in [-0.1, -0.05) is 40.0 Å². The molecule has 1 aliphatic heterocycles. The average molecular weight is 316 g/mol. The highest BCUT2D eigenvalue weighted by Gasteiger charge is 2.13. The largest absolute Gasteiger partial charge is 0.381 e. The zero-order valence-electron chi connectivity index (χ0n) is 14.8. The fraction of sp³-hybridized carbons (Fsp3) is 1.00. The van der Waals surface area contributed by atoms with E-state index in [0.29, 0.717) is 11.5 Å². The van der Waals surface area contributed by atoms with Crippen molar-refractivity contribution >= 4 is 11.8 Å². The third kappa shape index (κ3) is 10.6. The van der Waals surface area contributed by atoms with E-state index in [0.717, 1.165) is 0 Å². The van der Waals surface area contributed by atoms with E-state index in [9.17, 15) is 0 Å². The van der Waals surface area contributed by atoms with E-state index in [-0.39, 0.29) is 0 Å². The molecule has 1 rings (SSSR count). The summed E-state index contributed by atoms with van der Waals surface area (Å²) in [6, 6.07) is 0. The quantitative estimate of drug-likeness (QED) is 0.536. The van der Waals surface area contributed by atoms with Crippen molar-refractivity contribution in [2.45, 2.75) is 71.8 Å². The first-order valence-electron chi connectivity index (χ1n) is 8.84. The first-order chi connectivity index (χ1) is 10.0. The van der Waals surface area contributed by atoms with Crippen molar-refractivity contribution < 1.29 is 4.74 Å². The summed E-state index contributed by atoms with van der Waals surface area (Å²) in [5.41, 5.74) is 0.463. The monoisotopic (exact) mass is 315 g/mol. The molecule has 0 spiro atoms. The Balaban J connectivity index is 1.98. The second-order valence-electron chi connectivity index (χ2n) is 7.61. The summed E-state index contributed by atoms with van der Waals surface area (Å²) in [6.45, 7) is 10.9. The molecule has 0 aromatic carbocycles. The smallest absolute Gasteiger partial charge is 0.0571 e. The lowest BCUT2D eigenvalue weighted by Crippen LogP contribution is -2.33. The summed E-state index contributed by atoms with van der Waals surface area (Å²) >= 11 is 2.10. The molecule has 0 aliphatic carbocycles. The lowest BCUT2D eigenvalue weighted by molar-refractivity contribution is 0.0807. The Morgan fingerprint density at radius 3 is 2.29 bits per heavy atom. The van der Waals surface area contributed by atoms with Gasteiger partial charge < -0.3 is 9.64 Å². The molecule has 126 valence electrons. The van der Waals surface area contributed by atoms with Crippen LogP contribution in [-0.4, -0.2) is 49.3 Å². The molecule has 1 heterocycles. The fourth-order valence-corrected chi connectivity index (χ4v) is 3.93. The van der Waals surface area contributed by atoms with Gasteiger partial charge in [0.2, 0.25) is 0 Å². The number of ether oxygens (including phenoxy) is 1. The SMILES string of the molecule is CO[C@H](CCCCCN1CCSCC1)CCCC(C)(C)C. The molecule has 0 saturated carbocycles. The molecular formula is C18H37NOS. The topological polar surface area (TPSA) is 12.5 Å². The van der Waals surface area contributed by atoms with Crippen LogP contribution < -0.4 is 0 Å². The van der Waals surface area contributed by atoms with Crippen molar-refractivity contribution in [3.63, 3.8) is 0 Å². The summed E-state index contributed by atoms with van der Waals surface area (Å²) in [5.74, 6) is 2.67. The summed E-state index contributed by atoms with van der Waals surface area (Å²) in [7, 11) is 1.88. The van der Waals surface area contributed by atoms with Crippen molar-refractivity contribution in [1.29, 1.82) is 0 Å². The number of methoxy groups -OCH3 is 1. The van der Waals surface area contributed by atoms with Gasteiger partial charge in [0, 0.05) is 31.7 Å². The molecule has 0 amide bonds. The number of nitrogens with zero attached hydrogens (tertiary/aromatic N) is 1. The number of hydrogen-bond acceptors (Lipinski definition) is 3. The molecule has 0 bridgehead atoms. The van der Waals surface area contributed by atoms with Crippen molar-refractivity contribution in [2.24, 2.45) is 5.41 Å². The zero-order chi connectivity index (χ0) is 15.6. The van der Waals surface area contributed by atoms with Crippen LogP contribution in [-0.2, 0) is 4.74 Å². The fourth-order valence-electron chi connectivity index (χ4n) is 2.95. The van der Waals surface area contributed by atoms with Crippen molar-refractivity contribution in [2.75, 3.05) is 38.2 Å². The second-order valence-corrected chi connectivity index (χ2v) is 8.84. The van der Waals surface area contributed by atoms with Crippen molar-refractivity contribution in [3.8, 4) is 0 Å². The maximum atomic E-state index is 5.65. The highest BCUT2D eigenvalue weighted by molar-refractivity contribution is 7.99. The van der Waals surface area contributed by atoms with Crippen LogP contribution >= 0.6 is 11.8 Å². The standard InChI is InChI=1S/C18H37NOS/c1-18(2,3)11-8-10-17(20-4)9-6-5-7-12-19-13-15-21-16-14-19/h17H,5-16H2,1-4H3/t17-/m1/s1. The molecule has 3 heteroatoms. The first-order valence-corrected chi connectivity index (χ1v) is 9.99. The molecule has 0 N–H and O–H groups in total. The minimum atomic E-state index is 0.463. The van der Waals surface area contributed by atoms with Crippen molar-refractivity contribution in [1.82, 2.24) is 4.90 Å². The van der Waals surface area contributed by atoms with Gasteiger partial charge in [-0.05, 0) is 37.6 Å². The summed E-state index contributed by atoms with van der Waals surface area (Å²) in [5, 5.41) is 0. The minimum Gasteiger partial charge on any atom is -0.381 e. The number of unbranched alkanes of at least 4 members (excludes halogenated alkanes) is 2. The summed E-state index contributed by atoms with van der Waals surface area (Å²) < 4.78 is 5.65. The predicted molar refractivity (Wildman–Crippen MR) is 96.3 cm³/mol. The molecule has 0 aromatic heterocycles. The van der Waals surface area contributed by atoms with E-state index in [1.54, 1.807) is 0 Å². The van der Waals surface area contributed by atoms with E-state index >= 15 is 0 Å². The Kier molecular flexibility index (Phi) is 10.0. The van der Waals surface area contributed by atoms with Crippen LogP contribution in [0.15, 0.2) is 0 Å². The lowest BCUT2D eigenvalue weighted by atomic mass is 9.89. The molecule has 0 radical (unpaired) electrons. The Bertz CT molecular complexity index is 246. The van der Waals surface area contributed by atoms with Gasteiger partial charge in [0.1, 0.15) is 0 Å². The van der Waals surface area contributed by atoms with Crippen LogP contribution in [0.5, 0.6) is 0 Å². The molecule has 0 aromatic rings. The van der Waals surface area contributed by atoms with Crippen molar-refractivity contribution in [3.05, 3.63) is 0 Å². The van der Waals surface area contributed by atoms with Gasteiger partial charge in [0.25, 0.3) is 0 Å². The molecule has 2 nitrogen and oxygen atoms in total. The van der Waals surface area contributed by atoms with Gasteiger partial charge in [0.05, 0.1) is 6.10 Å². The van der Waals surface area contributed by atoms with Crippen LogP contribution in [0.2, 0.25) is 0 Å². The van der Waals surface area contributed by atoms with E-state index in [4.69, 9.17) is 4.74 Å². The number of hydrogen-bond donors (Lipinski definition) is 0. The van der Waals surface area contributed by atoms with Crippen LogP contribution in [0, 0.1) is 5.41 Å². The minimum absolute atomic E-state index is 0.463. The molecule has 1 atom stereocenters. The van der Waals surface area contributed by atoms with Crippen LogP contribution in [0.1, 0.15) is 65.7 Å². The molecule has 1 aliphatic rings. The molecule has 0 unspecified atom stereocenters. The maximum absolute atomic E-state index is 5.65. The number of thioether (sulfide) groups is 1. The number of rotatable bonds is 10. The van der Waals surface area contributed by atoms with Gasteiger partial charge in [-0.15, -0.1) is 0 Å². The van der Waals surface area contributed by atoms with E-state index in [2.05, 4.69) is 37.4 Å². The van der Waals surface area contributed by atoms with E-state index in [1.165, 1.54) is 76.1 Å². The van der Waals surface area contributed by atoms with Crippen LogP contribution in [0.4, 0.5) is 0 Å². The Morgan fingerprint density at radius 2 is 1.67 bits per heavy atom. The molecule has 21 heavy (non-hydrogen) atoms. The third-order valence-corrected chi connectivity index (χ3v) is 5.33. The maximum Gasteiger partial charge on any atom is 0.0571 e. The predicted octanol–water partition coefficient (Wildman–Crippen LogP) is 4.83. The van der Waals surface area contributed by atoms with Gasteiger partial charge >= 0.3 is 0 Å². The van der Waals surface area contributed by atoms with Crippen LogP contribution in [0.3, 0.4) is 0 Å². The first kappa shape index (κ1) is 19.3. The Hall–Kier alpha value is 0.270. The van der Waals surface area contributed by atoms with Gasteiger partial charge in [-0.25, -0.2) is 0 Å². The van der Waals surface area contributed by atoms with Crippen LogP contribution in [0.25, 0.3) is 0 Å². The normalized spacial score (nSPS) is 18.9.